The predicted octanol–water partition coefficient (Wildman–Crippen LogP) is 2.07. The van der Waals surface area contributed by atoms with Crippen LogP contribution in [0.5, 0.6) is 0 Å². The highest BCUT2D eigenvalue weighted by molar-refractivity contribution is 5.99. The Morgan fingerprint density at radius 3 is 2.59 bits per heavy atom. The quantitative estimate of drug-likeness (QED) is 0.433. The number of hydrogen-bond acceptors (Lipinski definition) is 5. The van der Waals surface area contributed by atoms with E-state index in [2.05, 4.69) is 18.4 Å². The first kappa shape index (κ1) is 20.7. The van der Waals surface area contributed by atoms with Crippen molar-refractivity contribution >= 4 is 18.0 Å². The summed E-state index contributed by atoms with van der Waals surface area (Å²) in [4.78, 5) is 25.9. The van der Waals surface area contributed by atoms with Gasteiger partial charge in [-0.3, -0.25) is 4.79 Å². The molecule has 0 N–H and O–H groups in total. The number of carbonyl (C=O) groups excluding carboxylic acids is 2. The fourth-order valence-electron chi connectivity index (χ4n) is 3.02. The summed E-state index contributed by atoms with van der Waals surface area (Å²) in [5.41, 5.74) is 2.75. The van der Waals surface area contributed by atoms with E-state index in [0.717, 1.165) is 23.5 Å². The van der Waals surface area contributed by atoms with Crippen LogP contribution in [-0.4, -0.2) is 54.3 Å². The normalized spacial score (nSPS) is 15.0. The average molecular weight is 373 g/mol. The van der Waals surface area contributed by atoms with Gasteiger partial charge in [0.1, 0.15) is 11.6 Å². The third-order valence-corrected chi connectivity index (χ3v) is 4.49. The molecule has 0 atom stereocenters. The molecule has 0 bridgehead atoms. The molecule has 27 heavy (non-hydrogen) atoms. The fraction of sp³-hybridized carbons (Fsp3) is 0.550. The lowest BCUT2D eigenvalue weighted by molar-refractivity contribution is -0.150. The first-order valence-electron chi connectivity index (χ1n) is 9.14. The summed E-state index contributed by atoms with van der Waals surface area (Å²) in [5.74, 6) is -0.579. The second kappa shape index (κ2) is 9.38. The third-order valence-electron chi connectivity index (χ3n) is 4.49. The van der Waals surface area contributed by atoms with E-state index in [0.29, 0.717) is 32.2 Å². The molecule has 1 aliphatic heterocycles. The number of ether oxygens (including phenoxy) is 2. The second-order valence-corrected chi connectivity index (χ2v) is 7.07. The van der Waals surface area contributed by atoms with Crippen LogP contribution in [0.15, 0.2) is 11.6 Å². The van der Waals surface area contributed by atoms with Gasteiger partial charge in [-0.15, -0.1) is 0 Å². The van der Waals surface area contributed by atoms with Crippen molar-refractivity contribution in [2.75, 3.05) is 32.9 Å². The van der Waals surface area contributed by atoms with E-state index >= 15 is 0 Å². The first-order valence-corrected chi connectivity index (χ1v) is 9.14. The van der Waals surface area contributed by atoms with Gasteiger partial charge in [-0.1, -0.05) is 13.8 Å². The van der Waals surface area contributed by atoms with Crippen LogP contribution >= 0.6 is 0 Å². The van der Waals surface area contributed by atoms with Crippen LogP contribution < -0.4 is 0 Å². The number of amides is 1. The maximum Gasteiger partial charge on any atom is 0.349 e. The molecular weight excluding hydrogens is 346 g/mol. The molecule has 2 rings (SSSR count). The summed E-state index contributed by atoms with van der Waals surface area (Å²) in [6.45, 7) is 10.7. The van der Waals surface area contributed by atoms with E-state index in [1.807, 2.05) is 26.0 Å². The largest absolute Gasteiger partial charge is 0.451 e. The number of hydrogen-bond donors (Lipinski definition) is 0. The average Bonchev–Trinajstić information content (AvgIpc) is 2.91. The third kappa shape index (κ3) is 5.44. The minimum atomic E-state index is -0.784. The molecule has 0 unspecified atom stereocenters. The molecule has 1 amide bonds. The Balaban J connectivity index is 2.06. The molecular formula is C20H27N3O4. The molecule has 1 saturated heterocycles. The molecule has 146 valence electrons. The van der Waals surface area contributed by atoms with Crippen LogP contribution in [0.25, 0.3) is 6.08 Å². The van der Waals surface area contributed by atoms with Crippen LogP contribution in [0.4, 0.5) is 0 Å². The summed E-state index contributed by atoms with van der Waals surface area (Å²) in [5, 5.41) is 9.35. The molecule has 0 aliphatic carbocycles. The van der Waals surface area contributed by atoms with Gasteiger partial charge in [0.05, 0.1) is 13.2 Å². The topological polar surface area (TPSA) is 84.6 Å². The Kier molecular flexibility index (Phi) is 7.19. The Morgan fingerprint density at radius 1 is 1.33 bits per heavy atom. The lowest BCUT2D eigenvalue weighted by Crippen LogP contribution is -2.42. The van der Waals surface area contributed by atoms with Gasteiger partial charge in [0.2, 0.25) is 0 Å². The minimum Gasteiger partial charge on any atom is -0.451 e. The van der Waals surface area contributed by atoms with Crippen molar-refractivity contribution in [1.29, 1.82) is 5.26 Å². The molecule has 7 nitrogen and oxygen atoms in total. The molecule has 1 aromatic rings. The lowest BCUT2D eigenvalue weighted by atomic mass is 10.1. The number of aromatic nitrogens is 1. The van der Waals surface area contributed by atoms with Gasteiger partial charge in [0.25, 0.3) is 5.91 Å². The van der Waals surface area contributed by atoms with Crippen LogP contribution in [0.2, 0.25) is 0 Å². The first-order chi connectivity index (χ1) is 12.8. The van der Waals surface area contributed by atoms with Gasteiger partial charge < -0.3 is 18.9 Å². The number of morpholine rings is 1. The Bertz CT molecular complexity index is 765. The zero-order valence-corrected chi connectivity index (χ0v) is 16.4. The molecule has 0 spiro atoms. The van der Waals surface area contributed by atoms with Crippen molar-refractivity contribution in [3.8, 4) is 6.07 Å². The highest BCUT2D eigenvalue weighted by atomic mass is 16.5. The van der Waals surface area contributed by atoms with Crippen molar-refractivity contribution in [3.05, 3.63) is 28.6 Å². The number of nitriles is 1. The zero-order chi connectivity index (χ0) is 20.0. The number of nitrogens with zero attached hydrogens (tertiary/aromatic N) is 3. The number of rotatable bonds is 6. The number of carbonyl (C=O) groups is 2. The molecule has 7 heteroatoms. The van der Waals surface area contributed by atoms with Crippen LogP contribution in [0.3, 0.4) is 0 Å². The highest BCUT2D eigenvalue weighted by Crippen LogP contribution is 2.20. The van der Waals surface area contributed by atoms with E-state index in [1.165, 1.54) is 6.08 Å². The van der Waals surface area contributed by atoms with Crippen LogP contribution in [0, 0.1) is 31.1 Å². The van der Waals surface area contributed by atoms with Crippen molar-refractivity contribution < 1.29 is 19.1 Å². The maximum atomic E-state index is 12.2. The maximum absolute atomic E-state index is 12.2. The molecule has 2 heterocycles. The Labute approximate surface area is 160 Å². The molecule has 1 aromatic heterocycles. The van der Waals surface area contributed by atoms with Crippen molar-refractivity contribution in [2.24, 2.45) is 5.92 Å². The van der Waals surface area contributed by atoms with Crippen LogP contribution in [-0.2, 0) is 25.6 Å². The predicted molar refractivity (Wildman–Crippen MR) is 101 cm³/mol. The van der Waals surface area contributed by atoms with Gasteiger partial charge in [-0.2, -0.15) is 5.26 Å². The summed E-state index contributed by atoms with van der Waals surface area (Å²) in [6.07, 6.45) is 1.53. The summed E-state index contributed by atoms with van der Waals surface area (Å²) < 4.78 is 12.4. The fourth-order valence-corrected chi connectivity index (χ4v) is 3.02. The second-order valence-electron chi connectivity index (χ2n) is 7.07. The monoisotopic (exact) mass is 373 g/mol. The summed E-state index contributed by atoms with van der Waals surface area (Å²) >= 11 is 0. The molecule has 0 saturated carbocycles. The Morgan fingerprint density at radius 2 is 2.00 bits per heavy atom. The smallest absolute Gasteiger partial charge is 0.349 e. The van der Waals surface area contributed by atoms with Gasteiger partial charge >= 0.3 is 5.97 Å². The van der Waals surface area contributed by atoms with E-state index in [4.69, 9.17) is 9.47 Å². The molecule has 0 aromatic carbocycles. The van der Waals surface area contributed by atoms with E-state index in [1.54, 1.807) is 4.90 Å². The van der Waals surface area contributed by atoms with Gasteiger partial charge in [-0.25, -0.2) is 4.79 Å². The lowest BCUT2D eigenvalue weighted by Gasteiger charge is -2.26. The SMILES string of the molecule is Cc1cc(C=C(C#N)C(=O)OCC(=O)N2CCOCC2)c(C)n1CC(C)C. The van der Waals surface area contributed by atoms with Crippen LogP contribution in [0.1, 0.15) is 30.8 Å². The summed E-state index contributed by atoms with van der Waals surface area (Å²) in [6, 6.07) is 3.83. The zero-order valence-electron chi connectivity index (χ0n) is 16.4. The van der Waals surface area contributed by atoms with Gasteiger partial charge in [-0.05, 0) is 37.5 Å². The van der Waals surface area contributed by atoms with Gasteiger partial charge in [0, 0.05) is 31.0 Å². The van der Waals surface area contributed by atoms with E-state index < -0.39 is 5.97 Å². The number of aryl methyl sites for hydroxylation is 1. The Hall–Kier alpha value is -2.59. The van der Waals surface area contributed by atoms with Crippen molar-refractivity contribution in [1.82, 2.24) is 9.47 Å². The number of esters is 1. The van der Waals surface area contributed by atoms with E-state index in [9.17, 15) is 14.9 Å². The molecule has 0 radical (unpaired) electrons. The van der Waals surface area contributed by atoms with Gasteiger partial charge in [0.15, 0.2) is 6.61 Å². The summed E-state index contributed by atoms with van der Waals surface area (Å²) in [7, 11) is 0. The van der Waals surface area contributed by atoms with Crippen molar-refractivity contribution in [3.63, 3.8) is 0 Å². The molecule has 1 fully saturated rings. The standard InChI is InChI=1S/C20H27N3O4/c1-14(2)12-23-15(3)9-17(16(23)4)10-18(11-21)20(25)27-13-19(24)22-5-7-26-8-6-22/h9-10,14H,5-8,12-13H2,1-4H3. The minimum absolute atomic E-state index is 0.116. The highest BCUT2D eigenvalue weighted by Gasteiger charge is 2.20. The molecule has 1 aliphatic rings. The van der Waals surface area contributed by atoms with E-state index in [-0.39, 0.29) is 18.1 Å². The van der Waals surface area contributed by atoms with Crippen molar-refractivity contribution in [2.45, 2.75) is 34.2 Å².